The lowest BCUT2D eigenvalue weighted by Crippen LogP contribution is -2.30. The van der Waals surface area contributed by atoms with E-state index in [9.17, 15) is 4.79 Å². The number of para-hydroxylation sites is 1. The van der Waals surface area contributed by atoms with Gasteiger partial charge >= 0.3 is 6.03 Å². The van der Waals surface area contributed by atoms with Crippen molar-refractivity contribution in [1.29, 1.82) is 5.41 Å². The molecular weight excluding hydrogens is 504 g/mol. The number of aryl methyl sites for hydroxylation is 1. The van der Waals surface area contributed by atoms with Gasteiger partial charge in [-0.2, -0.15) is 9.67 Å². The highest BCUT2D eigenvalue weighted by atomic mass is 16.2. The monoisotopic (exact) mass is 533 g/mol. The van der Waals surface area contributed by atoms with Crippen LogP contribution in [0, 0.1) is 5.41 Å². The van der Waals surface area contributed by atoms with Gasteiger partial charge in [0.05, 0.1) is 16.5 Å². The molecule has 0 fully saturated rings. The van der Waals surface area contributed by atoms with Crippen molar-refractivity contribution in [3.05, 3.63) is 91.0 Å². The molecule has 1 heterocycles. The number of amides is 2. The number of hydrogen-bond acceptors (Lipinski definition) is 5. The number of anilines is 6. The van der Waals surface area contributed by atoms with E-state index in [1.165, 1.54) is 6.34 Å². The number of urea groups is 1. The van der Waals surface area contributed by atoms with Crippen LogP contribution in [0.5, 0.6) is 0 Å². The van der Waals surface area contributed by atoms with E-state index in [1.54, 1.807) is 24.3 Å². The Labute approximate surface area is 230 Å². The zero-order valence-corrected chi connectivity index (χ0v) is 21.7. The van der Waals surface area contributed by atoms with Gasteiger partial charge in [0.1, 0.15) is 13.4 Å². The highest BCUT2D eigenvalue weighted by molar-refractivity contribution is 6.07. The number of nitrogens with two attached hydrogens (primary N) is 2. The second-order valence-electron chi connectivity index (χ2n) is 9.01. The predicted octanol–water partition coefficient (Wildman–Crippen LogP) is 4.63. The summed E-state index contributed by atoms with van der Waals surface area (Å²) in [4.78, 5) is 12.5. The van der Waals surface area contributed by atoms with Gasteiger partial charge in [-0.3, -0.25) is 5.41 Å². The minimum Gasteiger partial charge on any atom is -0.399 e. The summed E-state index contributed by atoms with van der Waals surface area (Å²) in [6.07, 6.45) is 1.37. The lowest BCUT2D eigenvalue weighted by atomic mass is 10.1. The third-order valence-electron chi connectivity index (χ3n) is 6.22. The minimum absolute atomic E-state index is 0.256. The third kappa shape index (κ3) is 5.83. The summed E-state index contributed by atoms with van der Waals surface area (Å²) in [5, 5.41) is 25.1. The van der Waals surface area contributed by atoms with Gasteiger partial charge in [-0.1, -0.05) is 12.1 Å². The van der Waals surface area contributed by atoms with Crippen LogP contribution in [0.15, 0.2) is 96.1 Å². The molecule has 4 aromatic carbocycles. The van der Waals surface area contributed by atoms with Crippen LogP contribution >= 0.6 is 0 Å². The summed E-state index contributed by atoms with van der Waals surface area (Å²) >= 11 is 0. The van der Waals surface area contributed by atoms with Gasteiger partial charge in [0.2, 0.25) is 17.0 Å². The summed E-state index contributed by atoms with van der Waals surface area (Å²) in [6, 6.07) is 28.4. The summed E-state index contributed by atoms with van der Waals surface area (Å²) < 4.78 is 2.14. The van der Waals surface area contributed by atoms with Crippen LogP contribution in [-0.4, -0.2) is 18.3 Å². The largest absolute Gasteiger partial charge is 0.399 e. The fourth-order valence-electron chi connectivity index (χ4n) is 4.36. The smallest absolute Gasteiger partial charge is 0.323 e. The first-order valence-electron chi connectivity index (χ1n) is 12.4. The topological polar surface area (TPSA) is 169 Å². The van der Waals surface area contributed by atoms with Gasteiger partial charge in [0, 0.05) is 40.6 Å². The molecule has 11 heteroatoms. The van der Waals surface area contributed by atoms with Crippen molar-refractivity contribution in [1.82, 2.24) is 5.43 Å². The number of fused-ring (bicyclic) bond motifs is 2. The maximum absolute atomic E-state index is 12.5. The molecule has 0 saturated heterocycles. The van der Waals surface area contributed by atoms with Crippen LogP contribution in [0.3, 0.4) is 0 Å². The summed E-state index contributed by atoms with van der Waals surface area (Å²) in [6.45, 7) is 0. The Kier molecular flexibility index (Phi) is 7.27. The fourth-order valence-corrected chi connectivity index (χ4v) is 4.36. The van der Waals surface area contributed by atoms with Crippen molar-refractivity contribution in [3.8, 4) is 0 Å². The molecule has 40 heavy (non-hydrogen) atoms. The van der Waals surface area contributed by atoms with Gasteiger partial charge < -0.3 is 32.7 Å². The highest BCUT2D eigenvalue weighted by Gasteiger charge is 2.18. The first kappa shape index (κ1) is 25.8. The van der Waals surface area contributed by atoms with Crippen molar-refractivity contribution in [3.63, 3.8) is 0 Å². The number of rotatable bonds is 7. The molecule has 2 amide bonds. The molecule has 0 atom stereocenters. The van der Waals surface area contributed by atoms with Crippen molar-refractivity contribution in [2.45, 2.75) is 0 Å². The van der Waals surface area contributed by atoms with Crippen molar-refractivity contribution in [2.75, 3.05) is 27.0 Å². The number of guanidine groups is 1. The molecule has 0 aliphatic carbocycles. The van der Waals surface area contributed by atoms with Gasteiger partial charge in [-0.05, 0) is 66.7 Å². The van der Waals surface area contributed by atoms with Crippen molar-refractivity contribution >= 4 is 74.3 Å². The number of hydrogen-bond donors (Lipinski definition) is 8. The zero-order valence-electron chi connectivity index (χ0n) is 21.7. The number of carbonyl (C=O) groups is 1. The van der Waals surface area contributed by atoms with E-state index in [1.807, 2.05) is 61.6 Å². The van der Waals surface area contributed by atoms with Crippen molar-refractivity contribution < 1.29 is 9.36 Å². The number of aromatic nitrogens is 1. The Morgan fingerprint density at radius 3 is 2.10 bits per heavy atom. The average Bonchev–Trinajstić information content (AvgIpc) is 2.95. The Bertz CT molecular complexity index is 1730. The number of nitrogens with one attached hydrogen (secondary N) is 6. The molecule has 0 unspecified atom stereocenters. The van der Waals surface area contributed by atoms with Crippen LogP contribution in [-0.2, 0) is 7.05 Å². The van der Waals surface area contributed by atoms with E-state index in [2.05, 4.69) is 48.5 Å². The molecule has 0 radical (unpaired) electrons. The van der Waals surface area contributed by atoms with Crippen LogP contribution < -0.4 is 42.7 Å². The van der Waals surface area contributed by atoms with E-state index < -0.39 is 0 Å². The van der Waals surface area contributed by atoms with E-state index in [4.69, 9.17) is 16.9 Å². The van der Waals surface area contributed by atoms with Gasteiger partial charge in [-0.25, -0.2) is 10.2 Å². The Hall–Kier alpha value is -5.84. The highest BCUT2D eigenvalue weighted by Crippen LogP contribution is 2.33. The Morgan fingerprint density at radius 2 is 1.43 bits per heavy atom. The molecule has 5 rings (SSSR count). The van der Waals surface area contributed by atoms with E-state index in [0.29, 0.717) is 17.1 Å². The molecule has 0 bridgehead atoms. The standard InChI is InChI=1S/C29H28N10O/c1-39-25-5-3-2-4-23(25)27(24-15-6-18(30)16-26(24)39)35-20-11-13-22(14-12-20)37-29(40)36-21-9-7-19(8-10-21)33-17-34-38-28(31)32/h2-17H,1H3,(H9,30,31,32,33,34,35,36,37,38,40)/p+1. The Morgan fingerprint density at radius 1 is 0.825 bits per heavy atom. The second kappa shape index (κ2) is 11.3. The van der Waals surface area contributed by atoms with Crippen LogP contribution in [0.25, 0.3) is 21.8 Å². The van der Waals surface area contributed by atoms with Crippen LogP contribution in [0.2, 0.25) is 0 Å². The van der Waals surface area contributed by atoms with E-state index >= 15 is 0 Å². The molecule has 1 aromatic heterocycles. The molecule has 0 aliphatic heterocycles. The van der Waals surface area contributed by atoms with Gasteiger partial charge in [-0.15, -0.1) is 0 Å². The molecule has 5 aromatic rings. The van der Waals surface area contributed by atoms with Gasteiger partial charge in [0.25, 0.3) is 0 Å². The lowest BCUT2D eigenvalue weighted by molar-refractivity contribution is -0.617. The number of pyridine rings is 1. The molecule has 200 valence electrons. The van der Waals surface area contributed by atoms with Crippen LogP contribution in [0.1, 0.15) is 0 Å². The second-order valence-corrected chi connectivity index (χ2v) is 9.01. The molecule has 11 nitrogen and oxygen atoms in total. The number of carbonyl (C=O) groups excluding carboxylic acids is 1. The first-order chi connectivity index (χ1) is 19.4. The van der Waals surface area contributed by atoms with E-state index in [-0.39, 0.29) is 12.0 Å². The fraction of sp³-hybridized carbons (Fsp3) is 0.0345. The zero-order chi connectivity index (χ0) is 28.1. The maximum atomic E-state index is 12.5. The predicted molar refractivity (Wildman–Crippen MR) is 163 cm³/mol. The van der Waals surface area contributed by atoms with Gasteiger partial charge in [0.15, 0.2) is 0 Å². The Balaban J connectivity index is 1.26. The number of nitrogen functional groups attached to an aromatic ring is 1. The normalized spacial score (nSPS) is 10.9. The SMILES string of the molecule is C[n+]1c2ccccc2c(Nc2ccc(NC(=O)Nc3ccc(N/C=N/NC(=N)N)cc3)cc2)c2ccc(N)cc21. The van der Waals surface area contributed by atoms with Crippen LogP contribution in [0.4, 0.5) is 38.9 Å². The van der Waals surface area contributed by atoms with E-state index in [0.717, 1.165) is 38.9 Å². The number of hydrazone groups is 1. The molecular formula is C29H29N10O+. The molecule has 10 N–H and O–H groups in total. The summed E-state index contributed by atoms with van der Waals surface area (Å²) in [5.74, 6) is -0.256. The minimum atomic E-state index is -0.362. The molecule has 0 spiro atoms. The number of benzene rings is 4. The average molecular weight is 534 g/mol. The number of nitrogens with zero attached hydrogens (tertiary/aromatic N) is 2. The first-order valence-corrected chi connectivity index (χ1v) is 12.4. The third-order valence-corrected chi connectivity index (χ3v) is 6.22. The molecule has 0 aliphatic rings. The molecule has 0 saturated carbocycles. The lowest BCUT2D eigenvalue weighted by Gasteiger charge is -2.14. The maximum Gasteiger partial charge on any atom is 0.323 e. The summed E-state index contributed by atoms with van der Waals surface area (Å²) in [7, 11) is 2.04. The van der Waals surface area contributed by atoms with Crippen molar-refractivity contribution in [2.24, 2.45) is 17.9 Å². The quantitative estimate of drug-likeness (QED) is 0.0379. The summed E-state index contributed by atoms with van der Waals surface area (Å²) in [5.41, 5.74) is 20.3.